The monoisotopic (exact) mass is 908 g/mol. The first-order chi connectivity index (χ1) is 28.5. The molecule has 4 aromatic carbocycles. The van der Waals surface area contributed by atoms with Crippen LogP contribution in [0.15, 0.2) is 109 Å². The number of para-hydroxylation sites is 2. The van der Waals surface area contributed by atoms with Gasteiger partial charge in [0.1, 0.15) is 11.6 Å². The van der Waals surface area contributed by atoms with Crippen molar-refractivity contribution in [2.45, 2.75) is 89.9 Å². The van der Waals surface area contributed by atoms with Gasteiger partial charge in [-0.3, -0.25) is 0 Å². The average Bonchev–Trinajstić information content (AvgIpc) is 3.69. The van der Waals surface area contributed by atoms with E-state index in [1.165, 1.54) is 24.3 Å². The second kappa shape index (κ2) is 22.6. The maximum atomic E-state index is 13.5. The summed E-state index contributed by atoms with van der Waals surface area (Å²) in [5.74, 6) is -3.36. The van der Waals surface area contributed by atoms with Gasteiger partial charge in [-0.25, -0.2) is 8.78 Å². The predicted molar refractivity (Wildman–Crippen MR) is 232 cm³/mol. The number of rotatable bonds is 16. The third kappa shape index (κ3) is 12.8. The number of hydrogen-bond acceptors (Lipinski definition) is 8. The van der Waals surface area contributed by atoms with Gasteiger partial charge < -0.3 is 49.4 Å². The Morgan fingerprint density at radius 3 is 1.21 bits per heavy atom. The normalized spacial score (nSPS) is 13.7. The van der Waals surface area contributed by atoms with E-state index in [0.717, 1.165) is 55.4 Å². The van der Waals surface area contributed by atoms with Crippen LogP contribution in [0, 0.1) is 11.6 Å². The molecule has 316 valence electrons. The molecular weight excluding hydrogens is 858 g/mol. The maximum absolute atomic E-state index is 13.5. The molecule has 6 rings (SSSR count). The Bertz CT molecular complexity index is 2280. The smallest absolute Gasteiger partial charge is 0.550 e. The van der Waals surface area contributed by atoms with Crippen LogP contribution < -0.4 is 10.2 Å². The third-order valence-corrected chi connectivity index (χ3v) is 9.98. The molecule has 0 unspecified atom stereocenters. The Labute approximate surface area is 391 Å². The van der Waals surface area contributed by atoms with E-state index in [9.17, 15) is 49.0 Å². The van der Waals surface area contributed by atoms with Gasteiger partial charge in [-0.1, -0.05) is 72.8 Å². The van der Waals surface area contributed by atoms with Gasteiger partial charge in [0.25, 0.3) is 0 Å². The van der Waals surface area contributed by atoms with E-state index in [0.29, 0.717) is 0 Å². The molecule has 0 saturated carbocycles. The molecule has 4 atom stereocenters. The average molecular weight is 909 g/mol. The summed E-state index contributed by atoms with van der Waals surface area (Å²) in [7, 11) is 0. The largest absolute Gasteiger partial charge is 2.00 e. The van der Waals surface area contributed by atoms with Gasteiger partial charge in [-0.2, -0.15) is 0 Å². The second-order valence-electron chi connectivity index (χ2n) is 15.3. The van der Waals surface area contributed by atoms with Crippen molar-refractivity contribution in [1.82, 2.24) is 9.13 Å². The number of aromatic nitrogens is 2. The first kappa shape index (κ1) is 49.2. The van der Waals surface area contributed by atoms with Gasteiger partial charge in [0.2, 0.25) is 0 Å². The first-order valence-electron chi connectivity index (χ1n) is 19.8. The molecule has 6 aromatic rings. The van der Waals surface area contributed by atoms with Crippen molar-refractivity contribution in [3.63, 3.8) is 0 Å². The van der Waals surface area contributed by atoms with E-state index in [1.54, 1.807) is 48.6 Å². The quantitative estimate of drug-likeness (QED) is 0.0832. The summed E-state index contributed by atoms with van der Waals surface area (Å²) in [6, 6.07) is 28.6. The Morgan fingerprint density at radius 2 is 0.902 bits per heavy atom. The zero-order valence-electron chi connectivity index (χ0n) is 34.6. The van der Waals surface area contributed by atoms with E-state index in [-0.39, 0.29) is 82.0 Å². The van der Waals surface area contributed by atoms with Crippen LogP contribution in [0.4, 0.5) is 8.78 Å². The zero-order valence-corrected chi connectivity index (χ0v) is 38.1. The number of carbonyl (C=O) groups is 2. The van der Waals surface area contributed by atoms with Gasteiger partial charge >= 0.3 is 45.5 Å². The van der Waals surface area contributed by atoms with Gasteiger partial charge in [0.15, 0.2) is 0 Å². The number of carbonyl (C=O) groups excluding carboxylic acids is 2. The minimum atomic E-state index is -1.36. The molecule has 0 bridgehead atoms. The van der Waals surface area contributed by atoms with Crippen LogP contribution in [-0.4, -0.2) is 111 Å². The molecule has 0 aliphatic heterocycles. The molecule has 0 radical (unpaired) electrons. The van der Waals surface area contributed by atoms with Crippen LogP contribution in [0.5, 0.6) is 0 Å². The molecule has 0 aliphatic carbocycles. The van der Waals surface area contributed by atoms with Crippen LogP contribution >= 0.6 is 0 Å². The van der Waals surface area contributed by atoms with Crippen LogP contribution in [0.1, 0.15) is 76.8 Å². The van der Waals surface area contributed by atoms with Gasteiger partial charge in [0, 0.05) is 94.0 Å². The fourth-order valence-corrected chi connectivity index (χ4v) is 7.52. The van der Waals surface area contributed by atoms with Crippen molar-refractivity contribution in [3.05, 3.63) is 132 Å². The number of hydrogen-bond donors (Lipinski definition) is 4. The van der Waals surface area contributed by atoms with Crippen molar-refractivity contribution in [2.75, 3.05) is 0 Å². The first-order valence-corrected chi connectivity index (χ1v) is 19.8. The fraction of sp³-hybridized carbons (Fsp3) is 0.292. The summed E-state index contributed by atoms with van der Waals surface area (Å²) in [6.07, 6.45) is 0.899. The molecule has 0 aliphatic rings. The number of benzene rings is 4. The summed E-state index contributed by atoms with van der Waals surface area (Å²) < 4.78 is 31.3. The summed E-state index contributed by atoms with van der Waals surface area (Å²) in [5.41, 5.74) is 7.22. The molecule has 2 aromatic heterocycles. The summed E-state index contributed by atoms with van der Waals surface area (Å²) >= 11 is 0. The minimum Gasteiger partial charge on any atom is -0.550 e. The van der Waals surface area contributed by atoms with Gasteiger partial charge in [0.05, 0.1) is 24.4 Å². The van der Waals surface area contributed by atoms with Crippen molar-refractivity contribution in [1.29, 1.82) is 0 Å². The molecule has 61 heavy (non-hydrogen) atoms. The third-order valence-electron chi connectivity index (χ3n) is 9.98. The molecule has 0 amide bonds. The SMILES string of the molecule is CC(C)n1c(/C=C/[C@H](O)C[C@H](O)CC(=O)[O-])c(-c2ccc(F)cc2)c2ccccc21.CC(C)n1c(/C=C/[C@H](O)C[C@H](O)CC(=O)[O-])c(-c2ccc(F)cc2)c2ccccc21.[Sr+2]. The van der Waals surface area contributed by atoms with Crippen LogP contribution in [0.3, 0.4) is 0 Å². The van der Waals surface area contributed by atoms with Gasteiger partial charge in [-0.05, 0) is 87.4 Å². The minimum absolute atomic E-state index is 0. The van der Waals surface area contributed by atoms with Crippen LogP contribution in [0.2, 0.25) is 0 Å². The molecule has 13 heteroatoms. The second-order valence-corrected chi connectivity index (χ2v) is 15.3. The number of nitrogens with zero attached hydrogens (tertiary/aromatic N) is 2. The van der Waals surface area contributed by atoms with E-state index in [1.807, 2.05) is 48.5 Å². The number of fused-ring (bicyclic) bond motifs is 2. The standard InChI is InChI=1S/2C24H26FNO4.Sr/c2*1-15(2)26-21-6-4-3-5-20(21)24(16-7-9-17(25)10-8-16)22(26)12-11-18(27)13-19(28)14-23(29)30;/h2*3-12,15,18-19,27-28H,13-14H2,1-2H3,(H,29,30);/q;;+2/p-2/b2*12-11+;/t2*18-,19-;/m00./s1. The number of aliphatic hydroxyl groups is 4. The van der Waals surface area contributed by atoms with E-state index in [4.69, 9.17) is 0 Å². The van der Waals surface area contributed by atoms with E-state index >= 15 is 0 Å². The summed E-state index contributed by atoms with van der Waals surface area (Å²) in [6.45, 7) is 8.22. The van der Waals surface area contributed by atoms with E-state index < -0.39 is 49.2 Å². The molecule has 0 fully saturated rings. The van der Waals surface area contributed by atoms with Crippen molar-refractivity contribution in [2.24, 2.45) is 0 Å². The molecular formula is C48H50F2N2O8Sr. The number of halogens is 2. The van der Waals surface area contributed by atoms with Gasteiger partial charge in [-0.15, -0.1) is 0 Å². The number of aliphatic hydroxyl groups excluding tert-OH is 4. The Hall–Kier alpha value is -4.44. The Balaban J connectivity index is 0.000000264. The van der Waals surface area contributed by atoms with Crippen LogP contribution in [0.25, 0.3) is 56.2 Å². The Kier molecular flexibility index (Phi) is 18.2. The number of carboxylic acid groups (broad SMARTS) is 2. The molecule has 0 spiro atoms. The maximum Gasteiger partial charge on any atom is 2.00 e. The van der Waals surface area contributed by atoms with Crippen LogP contribution in [-0.2, 0) is 9.59 Å². The summed E-state index contributed by atoms with van der Waals surface area (Å²) in [4.78, 5) is 21.2. The van der Waals surface area contributed by atoms with E-state index in [2.05, 4.69) is 36.8 Å². The molecule has 2 heterocycles. The number of aliphatic carboxylic acids is 2. The molecule has 0 saturated heterocycles. The van der Waals surface area contributed by atoms with Crippen molar-refractivity contribution in [3.8, 4) is 22.3 Å². The fourth-order valence-electron chi connectivity index (χ4n) is 7.52. The topological polar surface area (TPSA) is 171 Å². The zero-order chi connectivity index (χ0) is 43.7. The summed E-state index contributed by atoms with van der Waals surface area (Å²) in [5, 5.41) is 63.3. The van der Waals surface area contributed by atoms with Crippen molar-refractivity contribution < 1.29 is 49.0 Å². The number of carboxylic acids is 2. The predicted octanol–water partition coefficient (Wildman–Crippen LogP) is 6.21. The molecule has 10 nitrogen and oxygen atoms in total. The molecule has 4 N–H and O–H groups in total. The van der Waals surface area contributed by atoms with Crippen molar-refractivity contribution >= 4 is 91.4 Å². The Morgan fingerprint density at radius 1 is 0.574 bits per heavy atom.